The molecule has 1 saturated heterocycles. The summed E-state index contributed by atoms with van der Waals surface area (Å²) in [6, 6.07) is 12.1. The molecule has 1 aliphatic rings. The largest absolute Gasteiger partial charge is 0.339 e. The smallest absolute Gasteiger partial charge is 0.261 e. The quantitative estimate of drug-likeness (QED) is 0.675. The lowest BCUT2D eigenvalue weighted by atomic mass is 9.98. The fourth-order valence-electron chi connectivity index (χ4n) is 3.43. The first kappa shape index (κ1) is 21.7. The summed E-state index contributed by atoms with van der Waals surface area (Å²) in [5.41, 5.74) is 2.10. The number of aryl methyl sites for hydroxylation is 1. The van der Waals surface area contributed by atoms with Crippen LogP contribution in [-0.4, -0.2) is 38.6 Å². The molecule has 2 aromatic carbocycles. The standard InChI is InChI=1S/C22H28N2O3S2/c1-4-17-5-7-18(8-6-17)23-29(26,27)19-9-10-21(28-3)20(15-19)22(25)24-13-11-16(2)12-14-24/h5-10,15-16,23H,4,11-14H2,1-3H3. The van der Waals surface area contributed by atoms with Gasteiger partial charge in [-0.05, 0) is 67.3 Å². The Bertz CT molecular complexity index is 964. The summed E-state index contributed by atoms with van der Waals surface area (Å²) in [5, 5.41) is 0. The molecule has 1 N–H and O–H groups in total. The summed E-state index contributed by atoms with van der Waals surface area (Å²) in [5.74, 6) is 0.527. The number of likely N-dealkylation sites (tertiary alicyclic amines) is 1. The molecule has 5 nitrogen and oxygen atoms in total. The molecule has 0 spiro atoms. The van der Waals surface area contributed by atoms with Crippen LogP contribution < -0.4 is 4.72 Å². The molecule has 29 heavy (non-hydrogen) atoms. The topological polar surface area (TPSA) is 66.5 Å². The SMILES string of the molecule is CCc1ccc(NS(=O)(=O)c2ccc(SC)c(C(=O)N3CCC(C)CC3)c2)cc1. The van der Waals surface area contributed by atoms with Crippen LogP contribution in [-0.2, 0) is 16.4 Å². The Labute approximate surface area is 177 Å². The minimum atomic E-state index is -3.78. The lowest BCUT2D eigenvalue weighted by Gasteiger charge is -2.30. The monoisotopic (exact) mass is 432 g/mol. The summed E-state index contributed by atoms with van der Waals surface area (Å²) in [4.78, 5) is 15.8. The summed E-state index contributed by atoms with van der Waals surface area (Å²) in [6.45, 7) is 5.68. The molecule has 1 heterocycles. The summed E-state index contributed by atoms with van der Waals surface area (Å²) >= 11 is 1.45. The molecule has 0 unspecified atom stereocenters. The van der Waals surface area contributed by atoms with Gasteiger partial charge in [-0.1, -0.05) is 26.0 Å². The molecule has 0 aromatic heterocycles. The Kier molecular flexibility index (Phi) is 6.90. The van der Waals surface area contributed by atoms with Gasteiger partial charge in [0.25, 0.3) is 15.9 Å². The second-order valence-corrected chi connectivity index (χ2v) is 10.0. The van der Waals surface area contributed by atoms with E-state index in [1.54, 1.807) is 24.3 Å². The minimum Gasteiger partial charge on any atom is -0.339 e. The first-order valence-corrected chi connectivity index (χ1v) is 12.6. The van der Waals surface area contributed by atoms with E-state index in [0.29, 0.717) is 30.3 Å². The fourth-order valence-corrected chi connectivity index (χ4v) is 5.08. The number of sulfonamides is 1. The maximum absolute atomic E-state index is 13.1. The molecular weight excluding hydrogens is 404 g/mol. The van der Waals surface area contributed by atoms with Crippen molar-refractivity contribution >= 4 is 33.4 Å². The molecule has 1 aliphatic heterocycles. The van der Waals surface area contributed by atoms with Gasteiger partial charge in [0.2, 0.25) is 0 Å². The van der Waals surface area contributed by atoms with E-state index in [1.165, 1.54) is 17.8 Å². The van der Waals surface area contributed by atoms with Crippen LogP contribution >= 0.6 is 11.8 Å². The molecule has 0 bridgehead atoms. The van der Waals surface area contributed by atoms with Gasteiger partial charge in [0.15, 0.2) is 0 Å². The van der Waals surface area contributed by atoms with Crippen molar-refractivity contribution in [2.24, 2.45) is 5.92 Å². The van der Waals surface area contributed by atoms with Gasteiger partial charge in [-0.3, -0.25) is 9.52 Å². The van der Waals surface area contributed by atoms with Gasteiger partial charge in [-0.15, -0.1) is 11.8 Å². The van der Waals surface area contributed by atoms with Gasteiger partial charge >= 0.3 is 0 Å². The van der Waals surface area contributed by atoms with Crippen LogP contribution in [0, 0.1) is 5.92 Å². The van der Waals surface area contributed by atoms with Gasteiger partial charge in [0.05, 0.1) is 10.5 Å². The van der Waals surface area contributed by atoms with Crippen molar-refractivity contribution in [2.75, 3.05) is 24.1 Å². The second kappa shape index (κ2) is 9.22. The molecule has 0 aliphatic carbocycles. The number of hydrogen-bond acceptors (Lipinski definition) is 4. The zero-order chi connectivity index (χ0) is 21.0. The van der Waals surface area contributed by atoms with Crippen LogP contribution in [0.25, 0.3) is 0 Å². The molecule has 156 valence electrons. The summed E-state index contributed by atoms with van der Waals surface area (Å²) in [7, 11) is -3.78. The molecule has 0 radical (unpaired) electrons. The number of piperidine rings is 1. The molecule has 0 saturated carbocycles. The Morgan fingerprint density at radius 2 is 1.79 bits per heavy atom. The van der Waals surface area contributed by atoms with Crippen molar-refractivity contribution < 1.29 is 13.2 Å². The van der Waals surface area contributed by atoms with Crippen molar-refractivity contribution in [3.63, 3.8) is 0 Å². The molecule has 7 heteroatoms. The Balaban J connectivity index is 1.87. The number of hydrogen-bond donors (Lipinski definition) is 1. The first-order chi connectivity index (χ1) is 13.8. The Hall–Kier alpha value is -1.99. The van der Waals surface area contributed by atoms with Gasteiger partial charge in [-0.2, -0.15) is 0 Å². The average Bonchev–Trinajstić information content (AvgIpc) is 2.73. The number of carbonyl (C=O) groups excluding carboxylic acids is 1. The maximum Gasteiger partial charge on any atom is 0.261 e. The van der Waals surface area contributed by atoms with Crippen molar-refractivity contribution in [1.82, 2.24) is 4.90 Å². The molecule has 1 amide bonds. The predicted molar refractivity (Wildman–Crippen MR) is 119 cm³/mol. The number of thioether (sulfide) groups is 1. The molecular formula is C22H28N2O3S2. The maximum atomic E-state index is 13.1. The first-order valence-electron chi connectivity index (χ1n) is 9.93. The Morgan fingerprint density at radius 3 is 2.38 bits per heavy atom. The number of nitrogens with zero attached hydrogens (tertiary/aromatic N) is 1. The zero-order valence-corrected chi connectivity index (χ0v) is 18.8. The van der Waals surface area contributed by atoms with E-state index < -0.39 is 10.0 Å². The van der Waals surface area contributed by atoms with E-state index >= 15 is 0 Å². The van der Waals surface area contributed by atoms with E-state index in [0.717, 1.165) is 29.7 Å². The van der Waals surface area contributed by atoms with Gasteiger partial charge in [0, 0.05) is 23.7 Å². The van der Waals surface area contributed by atoms with Gasteiger partial charge < -0.3 is 4.90 Å². The Morgan fingerprint density at radius 1 is 1.14 bits per heavy atom. The van der Waals surface area contributed by atoms with Crippen LogP contribution in [0.4, 0.5) is 5.69 Å². The third-order valence-electron chi connectivity index (χ3n) is 5.40. The van der Waals surface area contributed by atoms with Crippen LogP contribution in [0.5, 0.6) is 0 Å². The van der Waals surface area contributed by atoms with E-state index in [9.17, 15) is 13.2 Å². The van der Waals surface area contributed by atoms with Crippen molar-refractivity contribution in [3.05, 3.63) is 53.6 Å². The molecule has 1 fully saturated rings. The fraction of sp³-hybridized carbons (Fsp3) is 0.409. The van der Waals surface area contributed by atoms with Gasteiger partial charge in [-0.25, -0.2) is 8.42 Å². The summed E-state index contributed by atoms with van der Waals surface area (Å²) < 4.78 is 28.4. The highest BCUT2D eigenvalue weighted by Crippen LogP contribution is 2.28. The number of benzene rings is 2. The highest BCUT2D eigenvalue weighted by Gasteiger charge is 2.25. The van der Waals surface area contributed by atoms with E-state index in [4.69, 9.17) is 0 Å². The molecule has 3 rings (SSSR count). The van der Waals surface area contributed by atoms with Crippen LogP contribution in [0.1, 0.15) is 42.6 Å². The third kappa shape index (κ3) is 5.14. The van der Waals surface area contributed by atoms with E-state index in [-0.39, 0.29) is 10.8 Å². The van der Waals surface area contributed by atoms with Crippen LogP contribution in [0.3, 0.4) is 0 Å². The predicted octanol–water partition coefficient (Wildman–Crippen LogP) is 4.64. The normalized spacial score (nSPS) is 15.3. The van der Waals surface area contributed by atoms with Crippen molar-refractivity contribution in [3.8, 4) is 0 Å². The lowest BCUT2D eigenvalue weighted by Crippen LogP contribution is -2.38. The highest BCUT2D eigenvalue weighted by atomic mass is 32.2. The van der Waals surface area contributed by atoms with Crippen molar-refractivity contribution in [2.45, 2.75) is 42.9 Å². The van der Waals surface area contributed by atoms with E-state index in [2.05, 4.69) is 11.6 Å². The van der Waals surface area contributed by atoms with Crippen LogP contribution in [0.2, 0.25) is 0 Å². The molecule has 0 atom stereocenters. The number of carbonyl (C=O) groups is 1. The third-order valence-corrected chi connectivity index (χ3v) is 7.57. The highest BCUT2D eigenvalue weighted by molar-refractivity contribution is 7.98. The minimum absolute atomic E-state index is 0.0920. The summed E-state index contributed by atoms with van der Waals surface area (Å²) in [6.07, 6.45) is 4.75. The number of rotatable bonds is 6. The number of amides is 1. The van der Waals surface area contributed by atoms with Crippen molar-refractivity contribution in [1.29, 1.82) is 0 Å². The van der Waals surface area contributed by atoms with Crippen LogP contribution in [0.15, 0.2) is 52.3 Å². The zero-order valence-electron chi connectivity index (χ0n) is 17.1. The second-order valence-electron chi connectivity index (χ2n) is 7.49. The lowest BCUT2D eigenvalue weighted by molar-refractivity contribution is 0.0693. The average molecular weight is 433 g/mol. The molecule has 2 aromatic rings. The van der Waals surface area contributed by atoms with E-state index in [1.807, 2.05) is 30.2 Å². The van der Waals surface area contributed by atoms with Gasteiger partial charge in [0.1, 0.15) is 0 Å². The number of nitrogens with one attached hydrogen (secondary N) is 1. The number of anilines is 1.